The standard InChI is InChI=1S/C15H23NO4S/c1-11-4-5-12(10-17)8-14(11)21(18,19)16-13-6-7-20-15(2,3)9-13/h4-5,8,13,16-17H,6-7,9-10H2,1-3H3. The predicted octanol–water partition coefficient (Wildman–Crippen LogP) is 1.72. The molecule has 0 aromatic heterocycles. The Morgan fingerprint density at radius 1 is 1.43 bits per heavy atom. The summed E-state index contributed by atoms with van der Waals surface area (Å²) in [4.78, 5) is 0.235. The molecule has 0 bridgehead atoms. The lowest BCUT2D eigenvalue weighted by Crippen LogP contribution is -2.45. The van der Waals surface area contributed by atoms with Crippen LogP contribution in [0.3, 0.4) is 0 Å². The summed E-state index contributed by atoms with van der Waals surface area (Å²) in [5.41, 5.74) is 0.951. The molecule has 6 heteroatoms. The third-order valence-corrected chi connectivity index (χ3v) is 5.41. The summed E-state index contributed by atoms with van der Waals surface area (Å²) in [6, 6.07) is 4.85. The van der Waals surface area contributed by atoms with Crippen LogP contribution in [0.25, 0.3) is 0 Å². The Morgan fingerprint density at radius 2 is 2.14 bits per heavy atom. The van der Waals surface area contributed by atoms with Gasteiger partial charge in [0.1, 0.15) is 0 Å². The Kier molecular flexibility index (Phi) is 4.72. The molecule has 1 unspecified atom stereocenters. The molecule has 1 aliphatic heterocycles. The van der Waals surface area contributed by atoms with Crippen LogP contribution < -0.4 is 4.72 Å². The molecule has 1 aromatic carbocycles. The summed E-state index contributed by atoms with van der Waals surface area (Å²) < 4.78 is 33.5. The first-order valence-electron chi connectivity index (χ1n) is 7.10. The second kappa shape index (κ2) is 6.04. The molecule has 0 spiro atoms. The third kappa shape index (κ3) is 4.03. The molecule has 0 saturated carbocycles. The van der Waals surface area contributed by atoms with Crippen molar-refractivity contribution in [2.24, 2.45) is 0 Å². The zero-order chi connectivity index (χ0) is 15.7. The number of aliphatic hydroxyl groups excluding tert-OH is 1. The number of hydrogen-bond acceptors (Lipinski definition) is 4. The van der Waals surface area contributed by atoms with Gasteiger partial charge in [0.05, 0.1) is 17.1 Å². The molecule has 118 valence electrons. The number of nitrogens with one attached hydrogen (secondary N) is 1. The van der Waals surface area contributed by atoms with Crippen LogP contribution in [-0.4, -0.2) is 31.8 Å². The molecule has 2 N–H and O–H groups in total. The Balaban J connectivity index is 2.22. The lowest BCUT2D eigenvalue weighted by molar-refractivity contribution is -0.0599. The van der Waals surface area contributed by atoms with Crippen molar-refractivity contribution in [2.75, 3.05) is 6.61 Å². The van der Waals surface area contributed by atoms with Crippen LogP contribution in [-0.2, 0) is 21.4 Å². The molecule has 1 aliphatic rings. The number of sulfonamides is 1. The maximum Gasteiger partial charge on any atom is 0.241 e. The quantitative estimate of drug-likeness (QED) is 0.887. The van der Waals surface area contributed by atoms with Gasteiger partial charge >= 0.3 is 0 Å². The van der Waals surface area contributed by atoms with Gasteiger partial charge in [-0.3, -0.25) is 0 Å². The van der Waals surface area contributed by atoms with E-state index in [9.17, 15) is 13.5 Å². The molecule has 1 heterocycles. The van der Waals surface area contributed by atoms with E-state index in [1.54, 1.807) is 19.1 Å². The van der Waals surface area contributed by atoms with Crippen LogP contribution in [0.4, 0.5) is 0 Å². The van der Waals surface area contributed by atoms with Crippen molar-refractivity contribution in [3.63, 3.8) is 0 Å². The molecule has 21 heavy (non-hydrogen) atoms. The molecule has 0 amide bonds. The van der Waals surface area contributed by atoms with E-state index in [4.69, 9.17) is 4.74 Å². The van der Waals surface area contributed by atoms with Crippen LogP contribution in [0.2, 0.25) is 0 Å². The summed E-state index contributed by atoms with van der Waals surface area (Å²) in [5, 5.41) is 9.18. The third-order valence-electron chi connectivity index (χ3n) is 3.74. The summed E-state index contributed by atoms with van der Waals surface area (Å²) in [6.45, 7) is 6.06. The first kappa shape index (κ1) is 16.4. The van der Waals surface area contributed by atoms with E-state index in [1.807, 2.05) is 13.8 Å². The minimum absolute atomic E-state index is 0.129. The van der Waals surface area contributed by atoms with E-state index in [2.05, 4.69) is 4.72 Å². The van der Waals surface area contributed by atoms with E-state index in [0.29, 0.717) is 30.6 Å². The van der Waals surface area contributed by atoms with Gasteiger partial charge in [-0.15, -0.1) is 0 Å². The maximum atomic E-state index is 12.6. The Bertz CT molecular complexity index is 610. The topological polar surface area (TPSA) is 75.6 Å². The molecule has 0 radical (unpaired) electrons. The molecule has 1 saturated heterocycles. The highest BCUT2D eigenvalue weighted by Crippen LogP contribution is 2.26. The minimum Gasteiger partial charge on any atom is -0.392 e. The second-order valence-electron chi connectivity index (χ2n) is 6.18. The molecule has 1 fully saturated rings. The van der Waals surface area contributed by atoms with E-state index in [0.717, 1.165) is 0 Å². The maximum absolute atomic E-state index is 12.6. The van der Waals surface area contributed by atoms with Crippen molar-refractivity contribution in [2.45, 2.75) is 56.8 Å². The van der Waals surface area contributed by atoms with Gasteiger partial charge in [0.2, 0.25) is 10.0 Å². The Labute approximate surface area is 126 Å². The van der Waals surface area contributed by atoms with Gasteiger partial charge < -0.3 is 9.84 Å². The fourth-order valence-corrected chi connectivity index (χ4v) is 4.21. The first-order valence-corrected chi connectivity index (χ1v) is 8.58. The lowest BCUT2D eigenvalue weighted by Gasteiger charge is -2.35. The van der Waals surface area contributed by atoms with E-state index in [-0.39, 0.29) is 23.1 Å². The van der Waals surface area contributed by atoms with Crippen LogP contribution in [0, 0.1) is 6.92 Å². The highest BCUT2D eigenvalue weighted by Gasteiger charge is 2.32. The van der Waals surface area contributed by atoms with E-state index >= 15 is 0 Å². The Morgan fingerprint density at radius 3 is 2.76 bits per heavy atom. The van der Waals surface area contributed by atoms with Gasteiger partial charge in [-0.25, -0.2) is 13.1 Å². The molecule has 1 aromatic rings. The normalized spacial score (nSPS) is 22.2. The number of ether oxygens (including phenoxy) is 1. The zero-order valence-electron chi connectivity index (χ0n) is 12.7. The van der Waals surface area contributed by atoms with Gasteiger partial charge in [-0.05, 0) is 50.8 Å². The molecule has 0 aliphatic carbocycles. The highest BCUT2D eigenvalue weighted by atomic mass is 32.2. The van der Waals surface area contributed by atoms with Gasteiger partial charge in [-0.1, -0.05) is 12.1 Å². The van der Waals surface area contributed by atoms with Crippen LogP contribution >= 0.6 is 0 Å². The van der Waals surface area contributed by atoms with Gasteiger partial charge in [-0.2, -0.15) is 0 Å². The first-order chi connectivity index (χ1) is 9.73. The van der Waals surface area contributed by atoms with Crippen molar-refractivity contribution < 1.29 is 18.3 Å². The fourth-order valence-electron chi connectivity index (χ4n) is 2.65. The van der Waals surface area contributed by atoms with Gasteiger partial charge in [0.25, 0.3) is 0 Å². The molecular weight excluding hydrogens is 290 g/mol. The monoisotopic (exact) mass is 313 g/mol. The van der Waals surface area contributed by atoms with E-state index in [1.165, 1.54) is 6.07 Å². The summed E-state index contributed by atoms with van der Waals surface area (Å²) in [6.07, 6.45) is 1.31. The largest absolute Gasteiger partial charge is 0.392 e. The molecular formula is C15H23NO4S. The summed E-state index contributed by atoms with van der Waals surface area (Å²) in [5.74, 6) is 0. The number of aryl methyl sites for hydroxylation is 1. The Hall–Kier alpha value is -0.950. The number of hydrogen-bond donors (Lipinski definition) is 2. The van der Waals surface area contributed by atoms with Crippen LogP contribution in [0.15, 0.2) is 23.1 Å². The van der Waals surface area contributed by atoms with Gasteiger partial charge in [0, 0.05) is 12.6 Å². The van der Waals surface area contributed by atoms with Crippen molar-refractivity contribution in [3.8, 4) is 0 Å². The van der Waals surface area contributed by atoms with Crippen molar-refractivity contribution in [1.29, 1.82) is 0 Å². The SMILES string of the molecule is Cc1ccc(CO)cc1S(=O)(=O)NC1CCOC(C)(C)C1. The highest BCUT2D eigenvalue weighted by molar-refractivity contribution is 7.89. The number of aliphatic hydroxyl groups is 1. The average Bonchev–Trinajstić information content (AvgIpc) is 2.37. The van der Waals surface area contributed by atoms with Crippen LogP contribution in [0.1, 0.15) is 37.8 Å². The fraction of sp³-hybridized carbons (Fsp3) is 0.600. The average molecular weight is 313 g/mol. The zero-order valence-corrected chi connectivity index (χ0v) is 13.5. The van der Waals surface area contributed by atoms with Crippen LogP contribution in [0.5, 0.6) is 0 Å². The second-order valence-corrected chi connectivity index (χ2v) is 7.86. The molecule has 2 rings (SSSR count). The van der Waals surface area contributed by atoms with Gasteiger partial charge in [0.15, 0.2) is 0 Å². The minimum atomic E-state index is -3.59. The summed E-state index contributed by atoms with van der Waals surface area (Å²) >= 11 is 0. The molecule has 5 nitrogen and oxygen atoms in total. The number of benzene rings is 1. The predicted molar refractivity (Wildman–Crippen MR) is 80.5 cm³/mol. The van der Waals surface area contributed by atoms with Crippen molar-refractivity contribution in [3.05, 3.63) is 29.3 Å². The molecule has 1 atom stereocenters. The number of rotatable bonds is 4. The van der Waals surface area contributed by atoms with E-state index < -0.39 is 10.0 Å². The van der Waals surface area contributed by atoms with Crippen molar-refractivity contribution >= 4 is 10.0 Å². The lowest BCUT2D eigenvalue weighted by atomic mass is 9.95. The smallest absolute Gasteiger partial charge is 0.241 e. The van der Waals surface area contributed by atoms with Crippen molar-refractivity contribution in [1.82, 2.24) is 4.72 Å². The summed E-state index contributed by atoms with van der Waals surface area (Å²) in [7, 11) is -3.59.